The summed E-state index contributed by atoms with van der Waals surface area (Å²) in [6.07, 6.45) is 1.71. The highest BCUT2D eigenvalue weighted by atomic mass is 32.1. The number of aromatic nitrogens is 1. The lowest BCUT2D eigenvalue weighted by Gasteiger charge is -2.22. The summed E-state index contributed by atoms with van der Waals surface area (Å²) in [5.41, 5.74) is 1.97. The first-order valence-corrected chi connectivity index (χ1v) is 9.59. The molecule has 6 nitrogen and oxygen atoms in total. The second-order valence-corrected chi connectivity index (χ2v) is 7.23. The monoisotopic (exact) mass is 376 g/mol. The quantitative estimate of drug-likeness (QED) is 0.767. The van der Waals surface area contributed by atoms with Crippen LogP contribution in [-0.2, 0) is 20.7 Å². The SMILES string of the molecule is COc1ccc(-c2csc(CCC(=O)NCCC3(C)OCCO3)n2)cc1. The molecule has 1 aliphatic rings. The van der Waals surface area contributed by atoms with Crippen molar-refractivity contribution in [2.24, 2.45) is 0 Å². The van der Waals surface area contributed by atoms with Gasteiger partial charge in [-0.1, -0.05) is 0 Å². The van der Waals surface area contributed by atoms with Crippen molar-refractivity contribution in [3.05, 3.63) is 34.7 Å². The minimum Gasteiger partial charge on any atom is -0.497 e. The smallest absolute Gasteiger partial charge is 0.220 e. The first kappa shape index (κ1) is 18.8. The van der Waals surface area contributed by atoms with Crippen molar-refractivity contribution in [2.45, 2.75) is 32.0 Å². The van der Waals surface area contributed by atoms with E-state index >= 15 is 0 Å². The van der Waals surface area contributed by atoms with E-state index in [0.717, 1.165) is 22.0 Å². The summed E-state index contributed by atoms with van der Waals surface area (Å²) in [6, 6.07) is 7.80. The summed E-state index contributed by atoms with van der Waals surface area (Å²) < 4.78 is 16.2. The highest BCUT2D eigenvalue weighted by molar-refractivity contribution is 7.09. The van der Waals surface area contributed by atoms with Gasteiger partial charge >= 0.3 is 0 Å². The zero-order valence-electron chi connectivity index (χ0n) is 15.1. The molecule has 1 N–H and O–H groups in total. The average molecular weight is 376 g/mol. The van der Waals surface area contributed by atoms with Crippen LogP contribution in [0.2, 0.25) is 0 Å². The Kier molecular flexibility index (Phi) is 6.24. The van der Waals surface area contributed by atoms with Gasteiger partial charge in [0.1, 0.15) is 5.75 Å². The highest BCUT2D eigenvalue weighted by Crippen LogP contribution is 2.25. The molecule has 0 aliphatic carbocycles. The lowest BCUT2D eigenvalue weighted by atomic mass is 10.2. The van der Waals surface area contributed by atoms with Gasteiger partial charge in [0.15, 0.2) is 5.79 Å². The van der Waals surface area contributed by atoms with Gasteiger partial charge in [-0.05, 0) is 31.2 Å². The number of methoxy groups -OCH3 is 1. The van der Waals surface area contributed by atoms with Gasteiger partial charge in [0.05, 0.1) is 31.0 Å². The third-order valence-corrected chi connectivity index (χ3v) is 5.21. The molecule has 1 aliphatic heterocycles. The molecule has 140 valence electrons. The molecule has 2 aromatic rings. The maximum atomic E-state index is 12.0. The van der Waals surface area contributed by atoms with E-state index in [1.165, 1.54) is 0 Å². The molecule has 1 saturated heterocycles. The molecule has 7 heteroatoms. The molecular weight excluding hydrogens is 352 g/mol. The topological polar surface area (TPSA) is 69.7 Å². The maximum Gasteiger partial charge on any atom is 0.220 e. The van der Waals surface area contributed by atoms with Crippen LogP contribution in [0, 0.1) is 0 Å². The maximum absolute atomic E-state index is 12.0. The van der Waals surface area contributed by atoms with Crippen LogP contribution < -0.4 is 10.1 Å². The van der Waals surface area contributed by atoms with Gasteiger partial charge in [0.25, 0.3) is 0 Å². The van der Waals surface area contributed by atoms with Crippen LogP contribution in [0.15, 0.2) is 29.6 Å². The Hall–Kier alpha value is -1.96. The number of nitrogens with zero attached hydrogens (tertiary/aromatic N) is 1. The van der Waals surface area contributed by atoms with Crippen LogP contribution in [0.3, 0.4) is 0 Å². The van der Waals surface area contributed by atoms with E-state index in [-0.39, 0.29) is 5.91 Å². The second kappa shape index (κ2) is 8.62. The largest absolute Gasteiger partial charge is 0.497 e. The van der Waals surface area contributed by atoms with Gasteiger partial charge in [-0.15, -0.1) is 11.3 Å². The van der Waals surface area contributed by atoms with Crippen molar-refractivity contribution < 1.29 is 19.0 Å². The number of amides is 1. The van der Waals surface area contributed by atoms with E-state index in [2.05, 4.69) is 10.3 Å². The number of thiazole rings is 1. The minimum atomic E-state index is -0.560. The Morgan fingerprint density at radius 3 is 2.73 bits per heavy atom. The number of hydrogen-bond acceptors (Lipinski definition) is 6. The number of carbonyl (C=O) groups excluding carboxylic acids is 1. The molecule has 0 atom stereocenters. The Balaban J connectivity index is 1.43. The van der Waals surface area contributed by atoms with E-state index in [1.54, 1.807) is 18.4 Å². The number of nitrogens with one attached hydrogen (secondary N) is 1. The molecule has 0 unspecified atom stereocenters. The van der Waals surface area contributed by atoms with Crippen molar-refractivity contribution in [1.82, 2.24) is 10.3 Å². The van der Waals surface area contributed by atoms with E-state index in [1.807, 2.05) is 36.6 Å². The standard InChI is InChI=1S/C19H24N2O4S/c1-19(24-11-12-25-19)9-10-20-17(22)7-8-18-21-16(13-26-18)14-3-5-15(23-2)6-4-14/h3-6,13H,7-12H2,1-2H3,(H,20,22). The molecule has 0 bridgehead atoms. The van der Waals surface area contributed by atoms with Crippen molar-refractivity contribution in [3.8, 4) is 17.0 Å². The minimum absolute atomic E-state index is 0.0211. The van der Waals surface area contributed by atoms with Gasteiger partial charge in [-0.25, -0.2) is 4.98 Å². The van der Waals surface area contributed by atoms with Crippen LogP contribution in [0.4, 0.5) is 0 Å². The number of rotatable bonds is 8. The van der Waals surface area contributed by atoms with Gasteiger partial charge < -0.3 is 19.5 Å². The summed E-state index contributed by atoms with van der Waals surface area (Å²) in [5.74, 6) is 0.284. The fourth-order valence-electron chi connectivity index (χ4n) is 2.76. The summed E-state index contributed by atoms with van der Waals surface area (Å²) in [4.78, 5) is 16.6. The molecule has 1 amide bonds. The zero-order chi connectivity index (χ0) is 18.4. The molecule has 2 heterocycles. The number of aryl methyl sites for hydroxylation is 1. The van der Waals surface area contributed by atoms with Gasteiger partial charge in [-0.3, -0.25) is 4.79 Å². The van der Waals surface area contributed by atoms with Gasteiger partial charge in [0.2, 0.25) is 5.91 Å². The Morgan fingerprint density at radius 2 is 2.04 bits per heavy atom. The van der Waals surface area contributed by atoms with Crippen LogP contribution >= 0.6 is 11.3 Å². The van der Waals surface area contributed by atoms with E-state index < -0.39 is 5.79 Å². The fourth-order valence-corrected chi connectivity index (χ4v) is 3.57. The normalized spacial score (nSPS) is 15.8. The lowest BCUT2D eigenvalue weighted by Crippen LogP contribution is -2.33. The van der Waals surface area contributed by atoms with Crippen LogP contribution in [0.1, 0.15) is 24.8 Å². The molecule has 1 aromatic heterocycles. The number of carbonyl (C=O) groups is 1. The van der Waals surface area contributed by atoms with E-state index in [9.17, 15) is 4.79 Å². The summed E-state index contributed by atoms with van der Waals surface area (Å²) >= 11 is 1.58. The summed E-state index contributed by atoms with van der Waals surface area (Å²) in [5, 5.41) is 5.90. The fraction of sp³-hybridized carbons (Fsp3) is 0.474. The molecule has 0 saturated carbocycles. The number of ether oxygens (including phenoxy) is 3. The molecule has 1 aromatic carbocycles. The molecular formula is C19H24N2O4S. The van der Waals surface area contributed by atoms with Crippen molar-refractivity contribution in [3.63, 3.8) is 0 Å². The lowest BCUT2D eigenvalue weighted by molar-refractivity contribution is -0.146. The van der Waals surface area contributed by atoms with Crippen molar-refractivity contribution >= 4 is 17.2 Å². The third kappa shape index (κ3) is 5.03. The van der Waals surface area contributed by atoms with E-state index in [0.29, 0.717) is 39.0 Å². The number of hydrogen-bond donors (Lipinski definition) is 1. The van der Waals surface area contributed by atoms with Gasteiger partial charge in [-0.2, -0.15) is 0 Å². The van der Waals surface area contributed by atoms with Crippen LogP contribution in [0.5, 0.6) is 5.75 Å². The van der Waals surface area contributed by atoms with E-state index in [4.69, 9.17) is 14.2 Å². The predicted octanol–water partition coefficient (Wildman–Crippen LogP) is 3.02. The Morgan fingerprint density at radius 1 is 1.31 bits per heavy atom. The Labute approximate surface area is 157 Å². The predicted molar refractivity (Wildman–Crippen MR) is 100 cm³/mol. The summed E-state index contributed by atoms with van der Waals surface area (Å²) in [6.45, 7) is 3.68. The molecule has 1 fully saturated rings. The van der Waals surface area contributed by atoms with Crippen molar-refractivity contribution in [1.29, 1.82) is 0 Å². The number of benzene rings is 1. The Bertz CT molecular complexity index is 723. The second-order valence-electron chi connectivity index (χ2n) is 6.29. The van der Waals surface area contributed by atoms with Crippen LogP contribution in [0.25, 0.3) is 11.3 Å². The zero-order valence-corrected chi connectivity index (χ0v) is 15.9. The van der Waals surface area contributed by atoms with Crippen LogP contribution in [-0.4, -0.2) is 43.5 Å². The highest BCUT2D eigenvalue weighted by Gasteiger charge is 2.30. The third-order valence-electron chi connectivity index (χ3n) is 4.30. The molecule has 0 spiro atoms. The first-order chi connectivity index (χ1) is 12.6. The van der Waals surface area contributed by atoms with Gasteiger partial charge in [0, 0.05) is 36.8 Å². The average Bonchev–Trinajstić information content (AvgIpc) is 3.30. The van der Waals surface area contributed by atoms with Crippen molar-refractivity contribution in [2.75, 3.05) is 26.9 Å². The first-order valence-electron chi connectivity index (χ1n) is 8.71. The summed E-state index contributed by atoms with van der Waals surface area (Å²) in [7, 11) is 1.65. The molecule has 26 heavy (non-hydrogen) atoms. The molecule has 0 radical (unpaired) electrons. The molecule has 3 rings (SSSR count).